The van der Waals surface area contributed by atoms with Crippen molar-refractivity contribution in [3.05, 3.63) is 0 Å². The van der Waals surface area contributed by atoms with E-state index in [0.717, 1.165) is 32.8 Å². The Morgan fingerprint density at radius 3 is 1.78 bits per heavy atom. The first-order valence-corrected chi connectivity index (χ1v) is 6.94. The van der Waals surface area contributed by atoms with Crippen LogP contribution >= 0.6 is 0 Å². The average molecular weight is 262 g/mol. The minimum atomic E-state index is 0.518. The van der Waals surface area contributed by atoms with Crippen LogP contribution < -0.4 is 10.6 Å². The van der Waals surface area contributed by atoms with Gasteiger partial charge in [0.15, 0.2) is 0 Å². The lowest BCUT2D eigenvalue weighted by Gasteiger charge is -2.09. The van der Waals surface area contributed by atoms with Gasteiger partial charge in [-0.25, -0.2) is 0 Å². The van der Waals surface area contributed by atoms with Crippen LogP contribution in [0.2, 0.25) is 0 Å². The predicted molar refractivity (Wildman–Crippen MR) is 74.1 cm³/mol. The summed E-state index contributed by atoms with van der Waals surface area (Å²) < 4.78 is 16.2. The zero-order chi connectivity index (χ0) is 13.5. The molecule has 2 N–H and O–H groups in total. The highest BCUT2D eigenvalue weighted by Crippen LogP contribution is 1.81. The molecular formula is C13H30N2O3. The molecule has 0 aliphatic rings. The lowest BCUT2D eigenvalue weighted by molar-refractivity contribution is 0.0156. The maximum absolute atomic E-state index is 5.41. The minimum Gasteiger partial charge on any atom is -0.378 e. The van der Waals surface area contributed by atoms with E-state index in [1.165, 1.54) is 0 Å². The number of ether oxygens (including phenoxy) is 3. The van der Waals surface area contributed by atoms with Gasteiger partial charge in [0.2, 0.25) is 0 Å². The molecule has 0 aromatic carbocycles. The number of hydrogen-bond acceptors (Lipinski definition) is 5. The van der Waals surface area contributed by atoms with Crippen LogP contribution in [0.15, 0.2) is 0 Å². The number of hydrogen-bond donors (Lipinski definition) is 2. The highest BCUT2D eigenvalue weighted by atomic mass is 16.5. The maximum Gasteiger partial charge on any atom is 0.0701 e. The van der Waals surface area contributed by atoms with Crippen LogP contribution in [0.3, 0.4) is 0 Å². The van der Waals surface area contributed by atoms with Gasteiger partial charge in [0.05, 0.1) is 39.6 Å². The van der Waals surface area contributed by atoms with Crippen molar-refractivity contribution in [3.63, 3.8) is 0 Å². The zero-order valence-electron chi connectivity index (χ0n) is 12.2. The van der Waals surface area contributed by atoms with Gasteiger partial charge < -0.3 is 24.8 Å². The van der Waals surface area contributed by atoms with E-state index >= 15 is 0 Å². The Hall–Kier alpha value is -0.200. The van der Waals surface area contributed by atoms with Crippen LogP contribution in [-0.2, 0) is 14.2 Å². The van der Waals surface area contributed by atoms with Crippen LogP contribution in [0.1, 0.15) is 20.8 Å². The van der Waals surface area contributed by atoms with E-state index in [9.17, 15) is 0 Å². The first-order valence-electron chi connectivity index (χ1n) is 6.94. The summed E-state index contributed by atoms with van der Waals surface area (Å²) in [6.07, 6.45) is 0. The SMILES string of the molecule is CCNCCOCCOCCOCCNC(C)C. The Kier molecular flexibility index (Phi) is 14.7. The smallest absolute Gasteiger partial charge is 0.0701 e. The molecule has 0 aromatic heterocycles. The molecule has 18 heavy (non-hydrogen) atoms. The largest absolute Gasteiger partial charge is 0.378 e. The number of nitrogens with one attached hydrogen (secondary N) is 2. The molecule has 0 rings (SSSR count). The van der Waals surface area contributed by atoms with E-state index in [4.69, 9.17) is 14.2 Å². The summed E-state index contributed by atoms with van der Waals surface area (Å²) in [6, 6.07) is 0.518. The van der Waals surface area contributed by atoms with Gasteiger partial charge in [-0.2, -0.15) is 0 Å². The second-order valence-corrected chi connectivity index (χ2v) is 4.30. The number of likely N-dealkylation sites (N-methyl/N-ethyl adjacent to an activating group) is 1. The minimum absolute atomic E-state index is 0.518. The van der Waals surface area contributed by atoms with Crippen molar-refractivity contribution in [2.45, 2.75) is 26.8 Å². The fraction of sp³-hybridized carbons (Fsp3) is 1.00. The van der Waals surface area contributed by atoms with Crippen molar-refractivity contribution in [1.82, 2.24) is 10.6 Å². The summed E-state index contributed by atoms with van der Waals surface area (Å²) in [6.45, 7) is 13.2. The molecule has 0 bridgehead atoms. The molecule has 0 fully saturated rings. The monoisotopic (exact) mass is 262 g/mol. The van der Waals surface area contributed by atoms with Gasteiger partial charge in [0.25, 0.3) is 0 Å². The van der Waals surface area contributed by atoms with Crippen LogP contribution in [0.5, 0.6) is 0 Å². The first kappa shape index (κ1) is 17.8. The summed E-state index contributed by atoms with van der Waals surface area (Å²) in [4.78, 5) is 0. The van der Waals surface area contributed by atoms with Crippen LogP contribution in [0, 0.1) is 0 Å². The third-order valence-electron chi connectivity index (χ3n) is 2.22. The fourth-order valence-electron chi connectivity index (χ4n) is 1.28. The van der Waals surface area contributed by atoms with Gasteiger partial charge in [-0.1, -0.05) is 20.8 Å². The molecule has 0 aliphatic carbocycles. The van der Waals surface area contributed by atoms with Crippen molar-refractivity contribution in [2.75, 3.05) is 59.3 Å². The standard InChI is InChI=1S/C13H30N2O3/c1-4-14-5-7-16-9-11-18-12-10-17-8-6-15-13(2)3/h13-15H,4-12H2,1-3H3. The highest BCUT2D eigenvalue weighted by Gasteiger charge is 1.93. The molecule has 5 heteroatoms. The van der Waals surface area contributed by atoms with E-state index < -0.39 is 0 Å². The molecule has 0 spiro atoms. The van der Waals surface area contributed by atoms with Crippen molar-refractivity contribution in [3.8, 4) is 0 Å². The Bertz CT molecular complexity index is 157. The van der Waals surface area contributed by atoms with Crippen molar-refractivity contribution in [1.29, 1.82) is 0 Å². The molecule has 5 nitrogen and oxygen atoms in total. The van der Waals surface area contributed by atoms with Gasteiger partial charge >= 0.3 is 0 Å². The Balaban J connectivity index is 2.90. The van der Waals surface area contributed by atoms with Crippen LogP contribution in [0.25, 0.3) is 0 Å². The zero-order valence-corrected chi connectivity index (χ0v) is 12.2. The lowest BCUT2D eigenvalue weighted by Crippen LogP contribution is -2.27. The molecule has 0 saturated carbocycles. The molecule has 0 amide bonds. The Morgan fingerprint density at radius 1 is 0.778 bits per heavy atom. The van der Waals surface area contributed by atoms with Crippen LogP contribution in [0.4, 0.5) is 0 Å². The molecule has 0 aromatic rings. The molecule has 0 atom stereocenters. The fourth-order valence-corrected chi connectivity index (χ4v) is 1.28. The van der Waals surface area contributed by atoms with Crippen LogP contribution in [-0.4, -0.2) is 65.3 Å². The predicted octanol–water partition coefficient (Wildman–Crippen LogP) is 0.644. The number of rotatable bonds is 14. The van der Waals surface area contributed by atoms with Gasteiger partial charge in [-0.3, -0.25) is 0 Å². The average Bonchev–Trinajstić information content (AvgIpc) is 2.34. The highest BCUT2D eigenvalue weighted by molar-refractivity contribution is 4.50. The lowest BCUT2D eigenvalue weighted by atomic mass is 10.4. The Morgan fingerprint density at radius 2 is 1.28 bits per heavy atom. The molecule has 0 heterocycles. The Labute approximate surface area is 112 Å². The second-order valence-electron chi connectivity index (χ2n) is 4.30. The van der Waals surface area contributed by atoms with Crippen molar-refractivity contribution < 1.29 is 14.2 Å². The van der Waals surface area contributed by atoms with E-state index in [1.807, 2.05) is 0 Å². The second kappa shape index (κ2) is 14.9. The van der Waals surface area contributed by atoms with Crippen molar-refractivity contribution in [2.24, 2.45) is 0 Å². The molecule has 0 unspecified atom stereocenters. The van der Waals surface area contributed by atoms with Gasteiger partial charge in [-0.05, 0) is 6.54 Å². The van der Waals surface area contributed by atoms with Gasteiger partial charge in [0.1, 0.15) is 0 Å². The van der Waals surface area contributed by atoms with Crippen molar-refractivity contribution >= 4 is 0 Å². The summed E-state index contributed by atoms with van der Waals surface area (Å²) in [5.41, 5.74) is 0. The summed E-state index contributed by atoms with van der Waals surface area (Å²) in [7, 11) is 0. The summed E-state index contributed by atoms with van der Waals surface area (Å²) >= 11 is 0. The topological polar surface area (TPSA) is 51.8 Å². The van der Waals surface area contributed by atoms with E-state index in [1.54, 1.807) is 0 Å². The molecule has 0 aliphatic heterocycles. The van der Waals surface area contributed by atoms with Gasteiger partial charge in [0, 0.05) is 19.1 Å². The summed E-state index contributed by atoms with van der Waals surface area (Å²) in [5, 5.41) is 6.48. The quantitative estimate of drug-likeness (QED) is 0.450. The first-order chi connectivity index (χ1) is 8.77. The third kappa shape index (κ3) is 15.8. The van der Waals surface area contributed by atoms with E-state index in [0.29, 0.717) is 32.5 Å². The molecule has 0 radical (unpaired) electrons. The molecule has 110 valence electrons. The van der Waals surface area contributed by atoms with E-state index in [2.05, 4.69) is 31.4 Å². The third-order valence-corrected chi connectivity index (χ3v) is 2.22. The normalized spacial score (nSPS) is 11.3. The summed E-state index contributed by atoms with van der Waals surface area (Å²) in [5.74, 6) is 0. The van der Waals surface area contributed by atoms with E-state index in [-0.39, 0.29) is 0 Å². The molecular weight excluding hydrogens is 232 g/mol. The maximum atomic E-state index is 5.41. The molecule has 0 saturated heterocycles. The van der Waals surface area contributed by atoms with Gasteiger partial charge in [-0.15, -0.1) is 0 Å².